The standard InChI is InChI=1S/C28H28N6/c1-19-7-6-8-25(30-19)27-28(34-13-5-4-9-26(34)31-27)20-10-11-24-21(15-20)16-23(17-29-24)33-14-12-22(18-33)32(2)3/h4-11,13,15-17,22H,12,14,18H2,1-3H3. The first-order valence-electron chi connectivity index (χ1n) is 11.8. The molecule has 5 heterocycles. The number of imidazole rings is 1. The lowest BCUT2D eigenvalue weighted by Gasteiger charge is -2.21. The zero-order chi connectivity index (χ0) is 23.2. The van der Waals surface area contributed by atoms with Gasteiger partial charge in [0.1, 0.15) is 11.3 Å². The normalized spacial score (nSPS) is 16.2. The van der Waals surface area contributed by atoms with Crippen LogP contribution >= 0.6 is 0 Å². The van der Waals surface area contributed by atoms with E-state index in [2.05, 4.69) is 58.8 Å². The number of benzene rings is 1. The highest BCUT2D eigenvalue weighted by Crippen LogP contribution is 2.34. The average Bonchev–Trinajstić information content (AvgIpc) is 3.49. The van der Waals surface area contributed by atoms with Crippen LogP contribution < -0.4 is 4.90 Å². The van der Waals surface area contributed by atoms with Crippen LogP contribution in [0.2, 0.25) is 0 Å². The van der Waals surface area contributed by atoms with Crippen molar-refractivity contribution in [2.24, 2.45) is 0 Å². The third-order valence-corrected chi connectivity index (χ3v) is 6.86. The van der Waals surface area contributed by atoms with Crippen molar-refractivity contribution in [2.45, 2.75) is 19.4 Å². The maximum atomic E-state index is 4.96. The monoisotopic (exact) mass is 448 g/mol. The fourth-order valence-electron chi connectivity index (χ4n) is 4.96. The molecular formula is C28H28N6. The predicted molar refractivity (Wildman–Crippen MR) is 138 cm³/mol. The molecule has 0 spiro atoms. The van der Waals surface area contributed by atoms with Gasteiger partial charge in [-0.25, -0.2) is 4.98 Å². The molecule has 6 nitrogen and oxygen atoms in total. The summed E-state index contributed by atoms with van der Waals surface area (Å²) in [5.41, 5.74) is 8.02. The fourth-order valence-corrected chi connectivity index (χ4v) is 4.96. The lowest BCUT2D eigenvalue weighted by Crippen LogP contribution is -2.31. The summed E-state index contributed by atoms with van der Waals surface area (Å²) >= 11 is 0. The summed E-state index contributed by atoms with van der Waals surface area (Å²) in [6.45, 7) is 4.11. The zero-order valence-electron chi connectivity index (χ0n) is 19.8. The topological polar surface area (TPSA) is 49.6 Å². The number of hydrogen-bond acceptors (Lipinski definition) is 5. The van der Waals surface area contributed by atoms with Crippen LogP contribution in [-0.2, 0) is 0 Å². The molecule has 4 aromatic heterocycles. The average molecular weight is 449 g/mol. The lowest BCUT2D eigenvalue weighted by atomic mass is 10.0. The van der Waals surface area contributed by atoms with Gasteiger partial charge in [0.2, 0.25) is 0 Å². The van der Waals surface area contributed by atoms with Crippen LogP contribution in [-0.4, -0.2) is 57.5 Å². The van der Waals surface area contributed by atoms with Crippen molar-refractivity contribution in [1.82, 2.24) is 24.3 Å². The molecule has 0 bridgehead atoms. The van der Waals surface area contributed by atoms with Gasteiger partial charge in [0.05, 0.1) is 28.8 Å². The van der Waals surface area contributed by atoms with Gasteiger partial charge in [-0.2, -0.15) is 0 Å². The molecule has 1 fully saturated rings. The van der Waals surface area contributed by atoms with Crippen molar-refractivity contribution in [2.75, 3.05) is 32.1 Å². The molecular weight excluding hydrogens is 420 g/mol. The Labute approximate surface area is 199 Å². The van der Waals surface area contributed by atoms with Crippen LogP contribution in [0.4, 0.5) is 5.69 Å². The molecule has 6 rings (SSSR count). The van der Waals surface area contributed by atoms with Gasteiger partial charge in [-0.1, -0.05) is 18.2 Å². The predicted octanol–water partition coefficient (Wildman–Crippen LogP) is 5.06. The van der Waals surface area contributed by atoms with E-state index < -0.39 is 0 Å². The molecule has 0 radical (unpaired) electrons. The number of aromatic nitrogens is 4. The minimum atomic E-state index is 0.588. The third kappa shape index (κ3) is 3.60. The second kappa shape index (κ2) is 8.22. The minimum Gasteiger partial charge on any atom is -0.369 e. The number of hydrogen-bond donors (Lipinski definition) is 0. The van der Waals surface area contributed by atoms with Crippen LogP contribution in [0.1, 0.15) is 12.1 Å². The zero-order valence-corrected chi connectivity index (χ0v) is 19.8. The summed E-state index contributed by atoms with van der Waals surface area (Å²) in [5.74, 6) is 0. The molecule has 5 aromatic rings. The van der Waals surface area contributed by atoms with Gasteiger partial charge in [0.15, 0.2) is 0 Å². The number of nitrogens with zero attached hydrogens (tertiary/aromatic N) is 6. The van der Waals surface area contributed by atoms with E-state index >= 15 is 0 Å². The van der Waals surface area contributed by atoms with E-state index in [1.165, 1.54) is 12.1 Å². The van der Waals surface area contributed by atoms with Gasteiger partial charge in [0, 0.05) is 42.0 Å². The van der Waals surface area contributed by atoms with Gasteiger partial charge in [-0.3, -0.25) is 14.4 Å². The molecule has 1 unspecified atom stereocenters. The number of rotatable bonds is 4. The van der Waals surface area contributed by atoms with E-state index in [9.17, 15) is 0 Å². The largest absolute Gasteiger partial charge is 0.369 e. The van der Waals surface area contributed by atoms with E-state index in [-0.39, 0.29) is 0 Å². The Kier molecular flexibility index (Phi) is 5.03. The first-order valence-corrected chi connectivity index (χ1v) is 11.8. The fraction of sp³-hybridized carbons (Fsp3) is 0.250. The number of pyridine rings is 3. The molecule has 1 saturated heterocycles. The van der Waals surface area contributed by atoms with Crippen molar-refractivity contribution in [3.63, 3.8) is 0 Å². The highest BCUT2D eigenvalue weighted by Gasteiger charge is 2.24. The quantitative estimate of drug-likeness (QED) is 0.385. The molecule has 1 aliphatic rings. The molecule has 0 saturated carbocycles. The lowest BCUT2D eigenvalue weighted by molar-refractivity contribution is 0.315. The van der Waals surface area contributed by atoms with Gasteiger partial charge in [-0.15, -0.1) is 0 Å². The van der Waals surface area contributed by atoms with E-state index in [0.717, 1.165) is 58.0 Å². The van der Waals surface area contributed by atoms with Crippen molar-refractivity contribution in [3.05, 3.63) is 78.8 Å². The maximum absolute atomic E-state index is 4.96. The van der Waals surface area contributed by atoms with Crippen LogP contribution in [0.15, 0.2) is 73.1 Å². The molecule has 34 heavy (non-hydrogen) atoms. The van der Waals surface area contributed by atoms with Gasteiger partial charge < -0.3 is 9.80 Å². The summed E-state index contributed by atoms with van der Waals surface area (Å²) in [4.78, 5) is 19.3. The molecule has 0 aliphatic carbocycles. The number of fused-ring (bicyclic) bond motifs is 2. The Morgan fingerprint density at radius 2 is 1.88 bits per heavy atom. The highest BCUT2D eigenvalue weighted by molar-refractivity contribution is 5.89. The molecule has 6 heteroatoms. The van der Waals surface area contributed by atoms with Crippen molar-refractivity contribution >= 4 is 22.2 Å². The van der Waals surface area contributed by atoms with E-state index in [0.29, 0.717) is 6.04 Å². The van der Waals surface area contributed by atoms with Crippen LogP contribution in [0.25, 0.3) is 39.2 Å². The van der Waals surface area contributed by atoms with Crippen molar-refractivity contribution in [3.8, 4) is 22.6 Å². The smallest absolute Gasteiger partial charge is 0.138 e. The summed E-state index contributed by atoms with van der Waals surface area (Å²) in [5, 5.41) is 1.14. The SMILES string of the molecule is Cc1cccc(-c2nc3ccccn3c2-c2ccc3ncc(N4CCC(N(C)C)C4)cc3c2)n1. The number of likely N-dealkylation sites (N-methyl/N-ethyl adjacent to an activating group) is 1. The number of anilines is 1. The third-order valence-electron chi connectivity index (χ3n) is 6.86. The second-order valence-electron chi connectivity index (χ2n) is 9.36. The van der Waals surface area contributed by atoms with E-state index in [1.54, 1.807) is 0 Å². The van der Waals surface area contributed by atoms with Crippen LogP contribution in [0, 0.1) is 6.92 Å². The molecule has 0 amide bonds. The molecule has 170 valence electrons. The van der Waals surface area contributed by atoms with Gasteiger partial charge in [0.25, 0.3) is 0 Å². The summed E-state index contributed by atoms with van der Waals surface area (Å²) < 4.78 is 2.15. The second-order valence-corrected chi connectivity index (χ2v) is 9.36. The Balaban J connectivity index is 1.48. The molecule has 1 atom stereocenters. The summed E-state index contributed by atoms with van der Waals surface area (Å²) in [6, 6.07) is 21.5. The molecule has 1 aromatic carbocycles. The summed E-state index contributed by atoms with van der Waals surface area (Å²) in [7, 11) is 4.32. The first kappa shape index (κ1) is 20.8. The summed E-state index contributed by atoms with van der Waals surface area (Å²) in [6.07, 6.45) is 5.26. The highest BCUT2D eigenvalue weighted by atomic mass is 15.2. The Bertz CT molecular complexity index is 1500. The minimum absolute atomic E-state index is 0.588. The van der Waals surface area contributed by atoms with Crippen molar-refractivity contribution in [1.29, 1.82) is 0 Å². The number of aryl methyl sites for hydroxylation is 1. The van der Waals surface area contributed by atoms with Gasteiger partial charge >= 0.3 is 0 Å². The van der Waals surface area contributed by atoms with E-state index in [4.69, 9.17) is 15.0 Å². The Morgan fingerprint density at radius 3 is 2.71 bits per heavy atom. The first-order chi connectivity index (χ1) is 16.6. The van der Waals surface area contributed by atoms with E-state index in [1.807, 2.05) is 49.5 Å². The van der Waals surface area contributed by atoms with Crippen LogP contribution in [0.3, 0.4) is 0 Å². The maximum Gasteiger partial charge on any atom is 0.138 e. The van der Waals surface area contributed by atoms with Crippen molar-refractivity contribution < 1.29 is 0 Å². The Hall–Kier alpha value is -3.77. The molecule has 1 aliphatic heterocycles. The molecule has 0 N–H and O–H groups in total. The van der Waals surface area contributed by atoms with Gasteiger partial charge in [-0.05, 0) is 69.9 Å². The Morgan fingerprint density at radius 1 is 0.971 bits per heavy atom. The van der Waals surface area contributed by atoms with Crippen LogP contribution in [0.5, 0.6) is 0 Å².